The van der Waals surface area contributed by atoms with Crippen molar-refractivity contribution in [2.24, 2.45) is 0 Å². The molecule has 1 fully saturated rings. The van der Waals surface area contributed by atoms with Gasteiger partial charge in [0.05, 0.1) is 7.11 Å². The number of methoxy groups -OCH3 is 1. The van der Waals surface area contributed by atoms with Crippen LogP contribution < -0.4 is 9.47 Å². The summed E-state index contributed by atoms with van der Waals surface area (Å²) in [5, 5.41) is 0. The summed E-state index contributed by atoms with van der Waals surface area (Å²) in [5.74, 6) is -1.06. The molecule has 0 saturated carbocycles. The highest BCUT2D eigenvalue weighted by Crippen LogP contribution is 2.31. The molecule has 6 heteroatoms. The van der Waals surface area contributed by atoms with Crippen LogP contribution in [0.4, 0.5) is 0 Å². The van der Waals surface area contributed by atoms with Gasteiger partial charge in [0.15, 0.2) is 0 Å². The maximum atomic E-state index is 12.1. The van der Waals surface area contributed by atoms with Crippen LogP contribution in [-0.2, 0) is 19.1 Å². The van der Waals surface area contributed by atoms with Gasteiger partial charge in [-0.15, -0.1) is 0 Å². The molecule has 1 aliphatic rings. The molecule has 2 aromatic rings. The number of hydrogen-bond acceptors (Lipinski definition) is 6. The van der Waals surface area contributed by atoms with E-state index < -0.39 is 17.7 Å². The number of ether oxygens (including phenoxy) is 4. The molecule has 2 aromatic carbocycles. The molecule has 1 saturated heterocycles. The molecule has 1 heterocycles. The molecule has 0 unspecified atom stereocenters. The molecule has 3 rings (SSSR count). The Balaban J connectivity index is 1.92. The maximum Gasteiger partial charge on any atom is 0.348 e. The first-order valence-electron chi connectivity index (χ1n) is 7.97. The van der Waals surface area contributed by atoms with Crippen LogP contribution >= 0.6 is 0 Å². The summed E-state index contributed by atoms with van der Waals surface area (Å²) >= 11 is 0. The molecule has 0 N–H and O–H groups in total. The molecule has 26 heavy (non-hydrogen) atoms. The van der Waals surface area contributed by atoms with Gasteiger partial charge in [-0.2, -0.15) is 0 Å². The van der Waals surface area contributed by atoms with Gasteiger partial charge in [-0.05, 0) is 24.3 Å². The lowest BCUT2D eigenvalue weighted by molar-refractivity contribution is -0.222. The molecular weight excluding hydrogens is 336 g/mol. The minimum atomic E-state index is -1.28. The molecule has 0 radical (unpaired) electrons. The fraction of sp³-hybridized carbons (Fsp3) is 0.200. The van der Waals surface area contributed by atoms with Crippen LogP contribution in [0.1, 0.15) is 19.4 Å². The fourth-order valence-electron chi connectivity index (χ4n) is 2.42. The number of cyclic esters (lactones) is 2. The van der Waals surface area contributed by atoms with Crippen molar-refractivity contribution in [3.63, 3.8) is 0 Å². The number of carbonyl (C=O) groups excluding carboxylic acids is 2. The summed E-state index contributed by atoms with van der Waals surface area (Å²) in [6.07, 6.45) is 1.40. The van der Waals surface area contributed by atoms with E-state index in [0.717, 1.165) is 0 Å². The van der Waals surface area contributed by atoms with E-state index in [9.17, 15) is 9.59 Å². The van der Waals surface area contributed by atoms with Gasteiger partial charge in [-0.25, -0.2) is 9.59 Å². The minimum Gasteiger partial charge on any atom is -0.497 e. The van der Waals surface area contributed by atoms with Crippen LogP contribution in [0.5, 0.6) is 17.2 Å². The number of benzene rings is 2. The highest BCUT2D eigenvalue weighted by molar-refractivity contribution is 6.19. The van der Waals surface area contributed by atoms with E-state index in [4.69, 9.17) is 18.9 Å². The van der Waals surface area contributed by atoms with Gasteiger partial charge in [0.2, 0.25) is 0 Å². The maximum absolute atomic E-state index is 12.1. The summed E-state index contributed by atoms with van der Waals surface area (Å²) < 4.78 is 21.3. The molecule has 0 atom stereocenters. The lowest BCUT2D eigenvalue weighted by Gasteiger charge is -2.29. The molecular formula is C20H18O6. The predicted octanol–water partition coefficient (Wildman–Crippen LogP) is 3.71. The third-order valence-corrected chi connectivity index (χ3v) is 3.60. The zero-order valence-corrected chi connectivity index (χ0v) is 14.6. The molecule has 1 aliphatic heterocycles. The van der Waals surface area contributed by atoms with E-state index in [1.54, 1.807) is 55.6 Å². The molecule has 0 aliphatic carbocycles. The molecule has 0 amide bonds. The van der Waals surface area contributed by atoms with Gasteiger partial charge < -0.3 is 18.9 Å². The van der Waals surface area contributed by atoms with Crippen molar-refractivity contribution in [1.29, 1.82) is 0 Å². The smallest absolute Gasteiger partial charge is 0.348 e. The average molecular weight is 354 g/mol. The van der Waals surface area contributed by atoms with Gasteiger partial charge >= 0.3 is 11.9 Å². The van der Waals surface area contributed by atoms with Crippen molar-refractivity contribution < 1.29 is 28.5 Å². The van der Waals surface area contributed by atoms with Crippen LogP contribution in [0, 0.1) is 0 Å². The quantitative estimate of drug-likeness (QED) is 0.474. The van der Waals surface area contributed by atoms with Crippen LogP contribution in [0.25, 0.3) is 6.08 Å². The Bertz CT molecular complexity index is 859. The second kappa shape index (κ2) is 6.92. The highest BCUT2D eigenvalue weighted by atomic mass is 16.7. The van der Waals surface area contributed by atoms with E-state index >= 15 is 0 Å². The number of esters is 2. The first kappa shape index (κ1) is 17.5. The summed E-state index contributed by atoms with van der Waals surface area (Å²) in [4.78, 5) is 24.3. The van der Waals surface area contributed by atoms with Crippen LogP contribution in [-0.4, -0.2) is 24.8 Å². The van der Waals surface area contributed by atoms with E-state index in [1.807, 2.05) is 0 Å². The normalized spacial score (nSPS) is 15.7. The summed E-state index contributed by atoms with van der Waals surface area (Å²) in [6, 6.07) is 14.1. The Morgan fingerprint density at radius 3 is 2.27 bits per heavy atom. The minimum absolute atomic E-state index is 0.189. The predicted molar refractivity (Wildman–Crippen MR) is 93.8 cm³/mol. The van der Waals surface area contributed by atoms with Crippen molar-refractivity contribution in [1.82, 2.24) is 0 Å². The first-order chi connectivity index (χ1) is 12.4. The van der Waals surface area contributed by atoms with E-state index in [0.29, 0.717) is 22.8 Å². The Kier molecular flexibility index (Phi) is 4.67. The molecule has 0 aromatic heterocycles. The lowest BCUT2D eigenvalue weighted by Crippen LogP contribution is -2.41. The Labute approximate surface area is 150 Å². The van der Waals surface area contributed by atoms with Crippen molar-refractivity contribution in [3.05, 3.63) is 59.7 Å². The second-order valence-corrected chi connectivity index (χ2v) is 6.06. The largest absolute Gasteiger partial charge is 0.497 e. The molecule has 134 valence electrons. The van der Waals surface area contributed by atoms with E-state index in [1.165, 1.54) is 19.9 Å². The standard InChI is InChI=1S/C20H18O6/c1-20(2)25-18(21)16(19(22)26-20)11-13-7-4-5-10-17(13)24-15-9-6-8-14(12-15)23-3/h4-12H,1-3H3. The lowest BCUT2D eigenvalue weighted by atomic mass is 10.1. The topological polar surface area (TPSA) is 71.1 Å². The summed E-state index contributed by atoms with van der Waals surface area (Å²) in [6.45, 7) is 3.00. The van der Waals surface area contributed by atoms with E-state index in [-0.39, 0.29) is 5.57 Å². The first-order valence-corrected chi connectivity index (χ1v) is 7.97. The second-order valence-electron chi connectivity index (χ2n) is 6.06. The summed E-state index contributed by atoms with van der Waals surface area (Å²) in [7, 11) is 1.57. The average Bonchev–Trinajstić information content (AvgIpc) is 2.59. The fourth-order valence-corrected chi connectivity index (χ4v) is 2.42. The monoisotopic (exact) mass is 354 g/mol. The van der Waals surface area contributed by atoms with Gasteiger partial charge in [-0.1, -0.05) is 24.3 Å². The Hall–Kier alpha value is -3.28. The van der Waals surface area contributed by atoms with Gasteiger partial charge in [0.1, 0.15) is 22.8 Å². The van der Waals surface area contributed by atoms with Crippen LogP contribution in [0.2, 0.25) is 0 Å². The van der Waals surface area contributed by atoms with E-state index in [2.05, 4.69) is 0 Å². The SMILES string of the molecule is COc1cccc(Oc2ccccc2C=C2C(=O)OC(C)(C)OC2=O)c1. The van der Waals surface area contributed by atoms with Crippen molar-refractivity contribution in [2.45, 2.75) is 19.6 Å². The van der Waals surface area contributed by atoms with Crippen LogP contribution in [0.15, 0.2) is 54.1 Å². The van der Waals surface area contributed by atoms with Gasteiger partial charge in [0.25, 0.3) is 5.79 Å². The van der Waals surface area contributed by atoms with Crippen LogP contribution in [0.3, 0.4) is 0 Å². The Morgan fingerprint density at radius 2 is 1.58 bits per heavy atom. The van der Waals surface area contributed by atoms with Gasteiger partial charge in [0, 0.05) is 25.5 Å². The third-order valence-electron chi connectivity index (χ3n) is 3.60. The number of para-hydroxylation sites is 1. The molecule has 0 spiro atoms. The third kappa shape index (κ3) is 3.85. The molecule has 6 nitrogen and oxygen atoms in total. The number of carbonyl (C=O) groups is 2. The highest BCUT2D eigenvalue weighted by Gasteiger charge is 2.38. The summed E-state index contributed by atoms with van der Waals surface area (Å²) in [5.41, 5.74) is 0.352. The van der Waals surface area contributed by atoms with Gasteiger partial charge in [-0.3, -0.25) is 0 Å². The number of hydrogen-bond donors (Lipinski definition) is 0. The zero-order valence-electron chi connectivity index (χ0n) is 14.6. The molecule has 0 bridgehead atoms. The van der Waals surface area contributed by atoms with Crippen molar-refractivity contribution in [2.75, 3.05) is 7.11 Å². The zero-order chi connectivity index (χ0) is 18.7. The van der Waals surface area contributed by atoms with Crippen molar-refractivity contribution in [3.8, 4) is 17.2 Å². The van der Waals surface area contributed by atoms with Crippen molar-refractivity contribution >= 4 is 18.0 Å². The Morgan fingerprint density at radius 1 is 0.923 bits per heavy atom. The number of rotatable bonds is 4.